The Morgan fingerprint density at radius 3 is 3.00 bits per heavy atom. The topological polar surface area (TPSA) is 49.3 Å². The van der Waals surface area contributed by atoms with E-state index in [1.54, 1.807) is 17.8 Å². The van der Waals surface area contributed by atoms with Crippen molar-refractivity contribution in [2.45, 2.75) is 24.4 Å². The number of halogens is 2. The largest absolute Gasteiger partial charge is 0.387 e. The van der Waals surface area contributed by atoms with Crippen molar-refractivity contribution in [1.82, 2.24) is 5.32 Å². The average Bonchev–Trinajstić information content (AvgIpc) is 3.14. The summed E-state index contributed by atoms with van der Waals surface area (Å²) in [5, 5.41) is 14.2. The summed E-state index contributed by atoms with van der Waals surface area (Å²) in [6, 6.07) is 5.53. The predicted molar refractivity (Wildman–Crippen MR) is 87.2 cm³/mol. The zero-order valence-corrected chi connectivity index (χ0v) is 13.8. The molecule has 0 bridgehead atoms. The van der Waals surface area contributed by atoms with Gasteiger partial charge < -0.3 is 10.4 Å². The van der Waals surface area contributed by atoms with E-state index in [0.29, 0.717) is 22.3 Å². The molecule has 1 aliphatic carbocycles. The molecule has 1 saturated carbocycles. The van der Waals surface area contributed by atoms with E-state index in [0.717, 1.165) is 24.2 Å². The van der Waals surface area contributed by atoms with E-state index < -0.39 is 5.60 Å². The lowest BCUT2D eigenvalue weighted by Gasteiger charge is -2.21. The van der Waals surface area contributed by atoms with E-state index in [1.807, 2.05) is 12.1 Å². The van der Waals surface area contributed by atoms with Gasteiger partial charge in [0, 0.05) is 18.2 Å². The third-order valence-electron chi connectivity index (χ3n) is 4.18. The van der Waals surface area contributed by atoms with Crippen molar-refractivity contribution < 1.29 is 9.90 Å². The molecular formula is C15H17Cl2NO2S. The first kappa shape index (κ1) is 15.5. The third kappa shape index (κ3) is 3.34. The third-order valence-corrected chi connectivity index (χ3v) is 6.25. The molecule has 2 N–H and O–H groups in total. The molecule has 1 amide bonds. The number of hydrogen-bond donors (Lipinski definition) is 2. The lowest BCUT2D eigenvalue weighted by Crippen LogP contribution is -2.43. The monoisotopic (exact) mass is 345 g/mol. The Hall–Kier alpha value is -0.420. The van der Waals surface area contributed by atoms with E-state index in [4.69, 9.17) is 23.2 Å². The maximum absolute atomic E-state index is 12.2. The van der Waals surface area contributed by atoms with E-state index in [1.165, 1.54) is 0 Å². The second-order valence-electron chi connectivity index (χ2n) is 5.84. The van der Waals surface area contributed by atoms with Gasteiger partial charge in [0.15, 0.2) is 0 Å². The average molecular weight is 346 g/mol. The van der Waals surface area contributed by atoms with Gasteiger partial charge in [0.05, 0.1) is 15.6 Å². The van der Waals surface area contributed by atoms with E-state index in [9.17, 15) is 9.90 Å². The highest BCUT2D eigenvalue weighted by atomic mass is 35.5. The summed E-state index contributed by atoms with van der Waals surface area (Å²) < 4.78 is 0. The van der Waals surface area contributed by atoms with Crippen molar-refractivity contribution >= 4 is 40.9 Å². The number of nitrogens with one attached hydrogen (secondary N) is 1. The van der Waals surface area contributed by atoms with Crippen molar-refractivity contribution in [2.24, 2.45) is 5.92 Å². The first-order chi connectivity index (χ1) is 10.0. The van der Waals surface area contributed by atoms with E-state index in [2.05, 4.69) is 5.32 Å². The standard InChI is InChI=1S/C15H17Cl2NO2S/c16-12-3-1-2-9(13(12)17)10-6-11(10)14(19)18-7-15(20)4-5-21-8-15/h1-3,10-11,20H,4-8H2,(H,18,19). The van der Waals surface area contributed by atoms with Crippen LogP contribution in [0.2, 0.25) is 10.0 Å². The molecule has 1 heterocycles. The zero-order chi connectivity index (χ0) is 15.0. The van der Waals surface area contributed by atoms with Crippen LogP contribution in [-0.4, -0.2) is 34.7 Å². The van der Waals surface area contributed by atoms with Crippen LogP contribution in [-0.2, 0) is 4.79 Å². The van der Waals surface area contributed by atoms with Crippen molar-refractivity contribution in [3.05, 3.63) is 33.8 Å². The second-order valence-corrected chi connectivity index (χ2v) is 7.73. The smallest absolute Gasteiger partial charge is 0.223 e. The Balaban J connectivity index is 1.57. The van der Waals surface area contributed by atoms with Gasteiger partial charge in [-0.15, -0.1) is 0 Å². The molecule has 1 saturated heterocycles. The summed E-state index contributed by atoms with van der Waals surface area (Å²) in [7, 11) is 0. The van der Waals surface area contributed by atoms with Gasteiger partial charge in [0.25, 0.3) is 0 Å². The van der Waals surface area contributed by atoms with Gasteiger partial charge in [-0.05, 0) is 36.1 Å². The summed E-state index contributed by atoms with van der Waals surface area (Å²) in [4.78, 5) is 12.2. The van der Waals surface area contributed by atoms with E-state index in [-0.39, 0.29) is 17.7 Å². The van der Waals surface area contributed by atoms with Crippen LogP contribution < -0.4 is 5.32 Å². The number of carbonyl (C=O) groups is 1. The van der Waals surface area contributed by atoms with Crippen molar-refractivity contribution in [2.75, 3.05) is 18.1 Å². The van der Waals surface area contributed by atoms with Gasteiger partial charge in [0.1, 0.15) is 0 Å². The summed E-state index contributed by atoms with van der Waals surface area (Å²) in [6.45, 7) is 0.339. The first-order valence-electron chi connectivity index (χ1n) is 7.02. The van der Waals surface area contributed by atoms with Gasteiger partial charge in [-0.1, -0.05) is 35.3 Å². The zero-order valence-electron chi connectivity index (χ0n) is 11.4. The Kier molecular flexibility index (Phi) is 4.42. The van der Waals surface area contributed by atoms with Crippen LogP contribution in [0.25, 0.3) is 0 Å². The molecule has 21 heavy (non-hydrogen) atoms. The SMILES string of the molecule is O=C(NCC1(O)CCSC1)C1CC1c1cccc(Cl)c1Cl. The molecule has 2 aliphatic rings. The van der Waals surface area contributed by atoms with Crippen molar-refractivity contribution in [1.29, 1.82) is 0 Å². The second kappa shape index (κ2) is 5.99. The number of rotatable bonds is 4. The molecule has 0 radical (unpaired) electrons. The molecule has 3 unspecified atom stereocenters. The summed E-state index contributed by atoms with van der Waals surface area (Å²) in [5.74, 6) is 1.74. The number of thioether (sulfide) groups is 1. The van der Waals surface area contributed by atoms with Gasteiger partial charge >= 0.3 is 0 Å². The predicted octanol–water partition coefficient (Wildman–Crippen LogP) is 3.08. The summed E-state index contributed by atoms with van der Waals surface area (Å²) >= 11 is 13.9. The molecule has 2 fully saturated rings. The van der Waals surface area contributed by atoms with Crippen molar-refractivity contribution in [3.8, 4) is 0 Å². The molecule has 1 aliphatic heterocycles. The Labute approximate surface area is 138 Å². The van der Waals surface area contributed by atoms with Crippen LogP contribution in [0.3, 0.4) is 0 Å². The molecule has 114 valence electrons. The van der Waals surface area contributed by atoms with Crippen LogP contribution >= 0.6 is 35.0 Å². The molecule has 3 rings (SSSR count). The highest BCUT2D eigenvalue weighted by Gasteiger charge is 2.45. The molecule has 0 spiro atoms. The van der Waals surface area contributed by atoms with Crippen LogP contribution in [0.1, 0.15) is 24.3 Å². The summed E-state index contributed by atoms with van der Waals surface area (Å²) in [5.41, 5.74) is 0.206. The number of carbonyl (C=O) groups excluding carboxylic acids is 1. The molecular weight excluding hydrogens is 329 g/mol. The number of hydrogen-bond acceptors (Lipinski definition) is 3. The first-order valence-corrected chi connectivity index (χ1v) is 8.93. The van der Waals surface area contributed by atoms with E-state index >= 15 is 0 Å². The molecule has 6 heteroatoms. The van der Waals surface area contributed by atoms with Crippen LogP contribution in [0.4, 0.5) is 0 Å². The maximum atomic E-state index is 12.2. The molecule has 1 aromatic rings. The minimum Gasteiger partial charge on any atom is -0.387 e. The number of benzene rings is 1. The molecule has 3 nitrogen and oxygen atoms in total. The molecule has 0 aromatic heterocycles. The number of aliphatic hydroxyl groups is 1. The fourth-order valence-corrected chi connectivity index (χ4v) is 4.50. The van der Waals surface area contributed by atoms with Gasteiger partial charge in [-0.3, -0.25) is 4.79 Å². The minimum atomic E-state index is -0.738. The Bertz CT molecular complexity index is 561. The van der Waals surface area contributed by atoms with Gasteiger partial charge in [-0.25, -0.2) is 0 Å². The normalized spacial score (nSPS) is 31.2. The van der Waals surface area contributed by atoms with Crippen molar-refractivity contribution in [3.63, 3.8) is 0 Å². The lowest BCUT2D eigenvalue weighted by molar-refractivity contribution is -0.123. The highest BCUT2D eigenvalue weighted by molar-refractivity contribution is 7.99. The highest BCUT2D eigenvalue weighted by Crippen LogP contribution is 2.50. The Morgan fingerprint density at radius 1 is 1.48 bits per heavy atom. The Morgan fingerprint density at radius 2 is 2.29 bits per heavy atom. The van der Waals surface area contributed by atoms with Crippen LogP contribution in [0, 0.1) is 5.92 Å². The lowest BCUT2D eigenvalue weighted by atomic mass is 10.0. The summed E-state index contributed by atoms with van der Waals surface area (Å²) in [6.07, 6.45) is 1.53. The maximum Gasteiger partial charge on any atom is 0.223 e. The van der Waals surface area contributed by atoms with Gasteiger partial charge in [0.2, 0.25) is 5.91 Å². The molecule has 1 aromatic carbocycles. The van der Waals surface area contributed by atoms with Crippen LogP contribution in [0.15, 0.2) is 18.2 Å². The molecule has 3 atom stereocenters. The number of amides is 1. The fourth-order valence-electron chi connectivity index (χ4n) is 2.75. The van der Waals surface area contributed by atoms with Crippen LogP contribution in [0.5, 0.6) is 0 Å². The minimum absolute atomic E-state index is 0.00127. The quantitative estimate of drug-likeness (QED) is 0.881. The van der Waals surface area contributed by atoms with Gasteiger partial charge in [-0.2, -0.15) is 11.8 Å². The fraction of sp³-hybridized carbons (Fsp3) is 0.533.